The second-order valence-electron chi connectivity index (χ2n) is 4.29. The van der Waals surface area contributed by atoms with Crippen molar-refractivity contribution >= 4 is 17.4 Å². The number of methoxy groups -OCH3 is 2. The van der Waals surface area contributed by atoms with Crippen molar-refractivity contribution < 1.29 is 14.3 Å². The van der Waals surface area contributed by atoms with Crippen molar-refractivity contribution in [2.45, 2.75) is 38.8 Å². The molecule has 0 aromatic carbocycles. The van der Waals surface area contributed by atoms with E-state index in [-0.39, 0.29) is 5.78 Å². The van der Waals surface area contributed by atoms with E-state index in [1.54, 1.807) is 18.9 Å². The van der Waals surface area contributed by atoms with E-state index in [1.807, 2.05) is 13.8 Å². The van der Waals surface area contributed by atoms with E-state index in [2.05, 4.69) is 5.10 Å². The minimum Gasteiger partial charge on any atom is -0.383 e. The van der Waals surface area contributed by atoms with Gasteiger partial charge in [-0.25, -0.2) is 0 Å². The van der Waals surface area contributed by atoms with Crippen LogP contribution in [0.2, 0.25) is 5.02 Å². The molecule has 0 aliphatic carbocycles. The van der Waals surface area contributed by atoms with Gasteiger partial charge in [0.05, 0.1) is 24.4 Å². The Hall–Kier alpha value is -0.910. The molecule has 0 atom stereocenters. The van der Waals surface area contributed by atoms with Crippen molar-refractivity contribution in [2.75, 3.05) is 20.8 Å². The van der Waals surface area contributed by atoms with Crippen molar-refractivity contribution in [3.8, 4) is 0 Å². The summed E-state index contributed by atoms with van der Waals surface area (Å²) in [5.74, 6) is -0.126. The molecule has 0 N–H and O–H groups in total. The van der Waals surface area contributed by atoms with Crippen molar-refractivity contribution in [2.24, 2.45) is 0 Å². The van der Waals surface area contributed by atoms with Gasteiger partial charge in [-0.2, -0.15) is 5.10 Å². The van der Waals surface area contributed by atoms with Crippen molar-refractivity contribution in [1.82, 2.24) is 9.78 Å². The Morgan fingerprint density at radius 3 is 2.53 bits per heavy atom. The Morgan fingerprint density at radius 1 is 1.42 bits per heavy atom. The molecule has 0 aliphatic rings. The van der Waals surface area contributed by atoms with Crippen LogP contribution in [0, 0.1) is 0 Å². The highest BCUT2D eigenvalue weighted by atomic mass is 35.5. The molecular formula is C13H21ClN2O3. The number of Topliss-reactive ketones (excluding diaryl/α,β-unsaturated/α-hetero) is 1. The zero-order chi connectivity index (χ0) is 14.5. The van der Waals surface area contributed by atoms with E-state index in [9.17, 15) is 4.79 Å². The molecule has 0 radical (unpaired) electrons. The van der Waals surface area contributed by atoms with E-state index >= 15 is 0 Å². The molecule has 1 heterocycles. The molecule has 0 unspecified atom stereocenters. The summed E-state index contributed by atoms with van der Waals surface area (Å²) in [7, 11) is 3.15. The van der Waals surface area contributed by atoms with Gasteiger partial charge in [-0.05, 0) is 12.8 Å². The standard InChI is InChI=1S/C13H21ClN2O3/c1-5-13(6-2,19-4)12(17)11-10(14)9-15-16(11)7-8-18-3/h9H,5-8H2,1-4H3. The predicted molar refractivity (Wildman–Crippen MR) is 73.8 cm³/mol. The Balaban J connectivity index is 3.13. The Labute approximate surface area is 118 Å². The van der Waals surface area contributed by atoms with Crippen molar-refractivity contribution in [3.05, 3.63) is 16.9 Å². The smallest absolute Gasteiger partial charge is 0.214 e. The fraction of sp³-hybridized carbons (Fsp3) is 0.692. The first kappa shape index (κ1) is 16.1. The van der Waals surface area contributed by atoms with Crippen LogP contribution < -0.4 is 0 Å². The Morgan fingerprint density at radius 2 is 2.05 bits per heavy atom. The van der Waals surface area contributed by atoms with Crippen LogP contribution in [0.4, 0.5) is 0 Å². The summed E-state index contributed by atoms with van der Waals surface area (Å²) in [5, 5.41) is 4.47. The van der Waals surface area contributed by atoms with Crippen LogP contribution >= 0.6 is 11.6 Å². The fourth-order valence-electron chi connectivity index (χ4n) is 2.10. The second kappa shape index (κ2) is 7.03. The van der Waals surface area contributed by atoms with Gasteiger partial charge in [0.15, 0.2) is 0 Å². The Kier molecular flexibility index (Phi) is 5.97. The van der Waals surface area contributed by atoms with Gasteiger partial charge in [-0.15, -0.1) is 0 Å². The van der Waals surface area contributed by atoms with Gasteiger partial charge in [0.2, 0.25) is 5.78 Å². The molecule has 1 rings (SSSR count). The number of ketones is 1. The normalized spacial score (nSPS) is 11.8. The van der Waals surface area contributed by atoms with Crippen LogP contribution in [0.5, 0.6) is 0 Å². The maximum Gasteiger partial charge on any atom is 0.214 e. The number of nitrogens with zero attached hydrogens (tertiary/aromatic N) is 2. The maximum absolute atomic E-state index is 12.7. The average molecular weight is 289 g/mol. The maximum atomic E-state index is 12.7. The van der Waals surface area contributed by atoms with Gasteiger partial charge < -0.3 is 9.47 Å². The largest absolute Gasteiger partial charge is 0.383 e. The molecule has 1 aromatic rings. The summed E-state index contributed by atoms with van der Waals surface area (Å²) in [6.45, 7) is 4.80. The fourth-order valence-corrected chi connectivity index (χ4v) is 2.33. The lowest BCUT2D eigenvalue weighted by Crippen LogP contribution is -2.41. The number of aromatic nitrogens is 2. The molecule has 108 valence electrons. The van der Waals surface area contributed by atoms with Crippen LogP contribution in [0.15, 0.2) is 6.20 Å². The van der Waals surface area contributed by atoms with Crippen molar-refractivity contribution in [3.63, 3.8) is 0 Å². The summed E-state index contributed by atoms with van der Waals surface area (Å²) in [6, 6.07) is 0. The number of hydrogen-bond donors (Lipinski definition) is 0. The molecular weight excluding hydrogens is 268 g/mol. The first-order valence-corrected chi connectivity index (χ1v) is 6.74. The van der Waals surface area contributed by atoms with Crippen LogP contribution in [0.3, 0.4) is 0 Å². The highest BCUT2D eigenvalue weighted by Gasteiger charge is 2.38. The molecule has 0 saturated carbocycles. The highest BCUT2D eigenvalue weighted by molar-refractivity contribution is 6.34. The van der Waals surface area contributed by atoms with Gasteiger partial charge >= 0.3 is 0 Å². The minimum atomic E-state index is -0.839. The molecule has 0 bridgehead atoms. The first-order valence-electron chi connectivity index (χ1n) is 6.36. The van der Waals surface area contributed by atoms with E-state index in [0.29, 0.717) is 36.7 Å². The predicted octanol–water partition coefficient (Wildman–Crippen LogP) is 2.57. The van der Waals surface area contributed by atoms with E-state index in [4.69, 9.17) is 21.1 Å². The lowest BCUT2D eigenvalue weighted by Gasteiger charge is -2.28. The minimum absolute atomic E-state index is 0.126. The molecule has 6 heteroatoms. The Bertz CT molecular complexity index is 419. The lowest BCUT2D eigenvalue weighted by molar-refractivity contribution is -0.00353. The third kappa shape index (κ3) is 3.16. The quantitative estimate of drug-likeness (QED) is 0.690. The number of carbonyl (C=O) groups is 1. The van der Waals surface area contributed by atoms with Crippen LogP contribution in [0.25, 0.3) is 0 Å². The molecule has 1 aromatic heterocycles. The molecule has 0 aliphatic heterocycles. The zero-order valence-electron chi connectivity index (χ0n) is 11.9. The van der Waals surface area contributed by atoms with Gasteiger partial charge in [-0.3, -0.25) is 9.48 Å². The van der Waals surface area contributed by atoms with E-state index < -0.39 is 5.60 Å². The first-order chi connectivity index (χ1) is 9.06. The number of halogens is 1. The monoisotopic (exact) mass is 288 g/mol. The summed E-state index contributed by atoms with van der Waals surface area (Å²) >= 11 is 6.10. The second-order valence-corrected chi connectivity index (χ2v) is 4.70. The number of hydrogen-bond acceptors (Lipinski definition) is 4. The molecule has 0 saturated heterocycles. The number of carbonyl (C=O) groups excluding carboxylic acids is 1. The average Bonchev–Trinajstić information content (AvgIpc) is 2.79. The van der Waals surface area contributed by atoms with E-state index in [1.165, 1.54) is 6.20 Å². The summed E-state index contributed by atoms with van der Waals surface area (Å²) < 4.78 is 12.0. The van der Waals surface area contributed by atoms with Gasteiger partial charge in [0, 0.05) is 14.2 Å². The van der Waals surface area contributed by atoms with E-state index in [0.717, 1.165) is 0 Å². The van der Waals surface area contributed by atoms with Gasteiger partial charge in [-0.1, -0.05) is 25.4 Å². The lowest BCUT2D eigenvalue weighted by atomic mass is 9.90. The third-order valence-electron chi connectivity index (χ3n) is 3.46. The number of rotatable bonds is 8. The van der Waals surface area contributed by atoms with Crippen molar-refractivity contribution in [1.29, 1.82) is 0 Å². The SMILES string of the molecule is CCC(CC)(OC)C(=O)c1c(Cl)cnn1CCOC. The van der Waals surface area contributed by atoms with Gasteiger partial charge in [0.25, 0.3) is 0 Å². The summed E-state index contributed by atoms with van der Waals surface area (Å²) in [5.41, 5.74) is -0.446. The molecule has 0 spiro atoms. The van der Waals surface area contributed by atoms with Gasteiger partial charge in [0.1, 0.15) is 11.3 Å². The molecule has 0 fully saturated rings. The zero-order valence-corrected chi connectivity index (χ0v) is 12.7. The number of ether oxygens (including phenoxy) is 2. The van der Waals surface area contributed by atoms with Crippen LogP contribution in [-0.4, -0.2) is 42.0 Å². The van der Waals surface area contributed by atoms with Crippen LogP contribution in [-0.2, 0) is 16.0 Å². The third-order valence-corrected chi connectivity index (χ3v) is 3.74. The molecule has 5 nitrogen and oxygen atoms in total. The topological polar surface area (TPSA) is 53.3 Å². The highest BCUT2D eigenvalue weighted by Crippen LogP contribution is 2.28. The molecule has 19 heavy (non-hydrogen) atoms. The van der Waals surface area contributed by atoms with Crippen LogP contribution in [0.1, 0.15) is 37.2 Å². The molecule has 0 amide bonds. The summed E-state index contributed by atoms with van der Waals surface area (Å²) in [6.07, 6.45) is 2.66. The summed E-state index contributed by atoms with van der Waals surface area (Å²) in [4.78, 5) is 12.7.